The SMILES string of the molecule is CC(=O)c1cccc(N/C=C(/C#N)C(=O)Nc2ccc(N)cc2)c1. The minimum absolute atomic E-state index is 0.0655. The van der Waals surface area contributed by atoms with Gasteiger partial charge in [0.1, 0.15) is 11.6 Å². The molecule has 0 aromatic heterocycles. The molecule has 24 heavy (non-hydrogen) atoms. The fourth-order valence-electron chi connectivity index (χ4n) is 1.90. The van der Waals surface area contributed by atoms with Crippen molar-refractivity contribution in [3.05, 3.63) is 65.9 Å². The van der Waals surface area contributed by atoms with Gasteiger partial charge in [-0.2, -0.15) is 5.26 Å². The number of carbonyl (C=O) groups excluding carboxylic acids is 2. The lowest BCUT2D eigenvalue weighted by atomic mass is 10.1. The van der Waals surface area contributed by atoms with Crippen molar-refractivity contribution in [2.24, 2.45) is 0 Å². The smallest absolute Gasteiger partial charge is 0.267 e. The first kappa shape index (κ1) is 16.8. The van der Waals surface area contributed by atoms with Crippen LogP contribution in [0, 0.1) is 11.3 Å². The first-order valence-corrected chi connectivity index (χ1v) is 7.14. The maximum absolute atomic E-state index is 12.1. The maximum Gasteiger partial charge on any atom is 0.267 e. The number of nitriles is 1. The van der Waals surface area contributed by atoms with E-state index in [4.69, 9.17) is 11.0 Å². The van der Waals surface area contributed by atoms with Crippen LogP contribution in [0.2, 0.25) is 0 Å². The highest BCUT2D eigenvalue weighted by Crippen LogP contribution is 2.13. The summed E-state index contributed by atoms with van der Waals surface area (Å²) in [5.74, 6) is -0.610. The van der Waals surface area contributed by atoms with E-state index in [9.17, 15) is 9.59 Å². The van der Waals surface area contributed by atoms with Crippen LogP contribution in [0.25, 0.3) is 0 Å². The molecule has 0 aliphatic carbocycles. The van der Waals surface area contributed by atoms with E-state index < -0.39 is 5.91 Å². The summed E-state index contributed by atoms with van der Waals surface area (Å²) in [6.45, 7) is 1.47. The van der Waals surface area contributed by atoms with Gasteiger partial charge in [-0.25, -0.2) is 0 Å². The minimum atomic E-state index is -0.544. The second-order valence-corrected chi connectivity index (χ2v) is 5.03. The van der Waals surface area contributed by atoms with Gasteiger partial charge in [0, 0.05) is 28.8 Å². The van der Waals surface area contributed by atoms with Gasteiger partial charge in [-0.1, -0.05) is 12.1 Å². The monoisotopic (exact) mass is 320 g/mol. The molecule has 0 saturated heterocycles. The minimum Gasteiger partial charge on any atom is -0.399 e. The number of hydrogen-bond acceptors (Lipinski definition) is 5. The largest absolute Gasteiger partial charge is 0.399 e. The molecule has 0 aliphatic heterocycles. The Morgan fingerprint density at radius 1 is 1.12 bits per heavy atom. The normalized spacial score (nSPS) is 10.6. The summed E-state index contributed by atoms with van der Waals surface area (Å²) in [6.07, 6.45) is 1.30. The third-order valence-electron chi connectivity index (χ3n) is 3.19. The third kappa shape index (κ3) is 4.45. The van der Waals surface area contributed by atoms with Crippen molar-refractivity contribution in [2.45, 2.75) is 6.92 Å². The number of Topliss-reactive ketones (excluding diaryl/α,β-unsaturated/α-hetero) is 1. The molecule has 0 heterocycles. The van der Waals surface area contributed by atoms with E-state index in [1.54, 1.807) is 48.5 Å². The molecule has 0 spiro atoms. The van der Waals surface area contributed by atoms with Crippen molar-refractivity contribution in [2.75, 3.05) is 16.4 Å². The van der Waals surface area contributed by atoms with Crippen LogP contribution in [0.4, 0.5) is 17.1 Å². The molecule has 2 aromatic carbocycles. The van der Waals surface area contributed by atoms with E-state index in [1.807, 2.05) is 6.07 Å². The number of nitrogens with two attached hydrogens (primary N) is 1. The standard InChI is InChI=1S/C18H16N4O2/c1-12(23)13-3-2-4-17(9-13)21-11-14(10-19)18(24)22-16-7-5-15(20)6-8-16/h2-9,11,21H,20H2,1H3,(H,22,24)/b14-11-. The Balaban J connectivity index is 2.10. The van der Waals surface area contributed by atoms with Crippen LogP contribution < -0.4 is 16.4 Å². The van der Waals surface area contributed by atoms with Crippen LogP contribution >= 0.6 is 0 Å². The van der Waals surface area contributed by atoms with E-state index in [2.05, 4.69) is 10.6 Å². The number of anilines is 3. The number of benzene rings is 2. The van der Waals surface area contributed by atoms with E-state index in [1.165, 1.54) is 13.1 Å². The molecule has 0 atom stereocenters. The number of carbonyl (C=O) groups is 2. The molecule has 0 unspecified atom stereocenters. The number of nitrogens with zero attached hydrogens (tertiary/aromatic N) is 1. The second-order valence-electron chi connectivity index (χ2n) is 5.03. The molecule has 6 nitrogen and oxygen atoms in total. The van der Waals surface area contributed by atoms with Crippen molar-refractivity contribution >= 4 is 28.8 Å². The van der Waals surface area contributed by atoms with Crippen LogP contribution in [0.5, 0.6) is 0 Å². The number of nitrogens with one attached hydrogen (secondary N) is 2. The van der Waals surface area contributed by atoms with E-state index >= 15 is 0 Å². The maximum atomic E-state index is 12.1. The quantitative estimate of drug-likeness (QED) is 0.340. The first-order chi connectivity index (χ1) is 11.5. The number of ketones is 1. The Morgan fingerprint density at radius 3 is 2.46 bits per heavy atom. The lowest BCUT2D eigenvalue weighted by Crippen LogP contribution is -2.14. The van der Waals surface area contributed by atoms with Gasteiger partial charge in [0.25, 0.3) is 5.91 Å². The van der Waals surface area contributed by atoms with Crippen LogP contribution in [0.1, 0.15) is 17.3 Å². The molecule has 6 heteroatoms. The van der Waals surface area contributed by atoms with Gasteiger partial charge in [0.15, 0.2) is 5.78 Å². The van der Waals surface area contributed by atoms with Crippen LogP contribution in [-0.4, -0.2) is 11.7 Å². The first-order valence-electron chi connectivity index (χ1n) is 7.14. The molecule has 2 aromatic rings. The molecule has 0 radical (unpaired) electrons. The molecule has 0 aliphatic rings. The second kappa shape index (κ2) is 7.61. The third-order valence-corrected chi connectivity index (χ3v) is 3.19. The highest BCUT2D eigenvalue weighted by molar-refractivity contribution is 6.06. The van der Waals surface area contributed by atoms with Crippen molar-refractivity contribution in [3.8, 4) is 6.07 Å². The average molecular weight is 320 g/mol. The number of nitrogen functional groups attached to an aromatic ring is 1. The van der Waals surface area contributed by atoms with Crippen molar-refractivity contribution in [3.63, 3.8) is 0 Å². The fraction of sp³-hybridized carbons (Fsp3) is 0.0556. The summed E-state index contributed by atoms with van der Waals surface area (Å²) in [5, 5.41) is 14.6. The summed E-state index contributed by atoms with van der Waals surface area (Å²) in [4.78, 5) is 23.5. The number of rotatable bonds is 5. The van der Waals surface area contributed by atoms with Gasteiger partial charge in [-0.15, -0.1) is 0 Å². The Bertz CT molecular complexity index is 833. The lowest BCUT2D eigenvalue weighted by Gasteiger charge is -2.06. The molecular formula is C18H16N4O2. The van der Waals surface area contributed by atoms with Gasteiger partial charge in [-0.3, -0.25) is 9.59 Å². The van der Waals surface area contributed by atoms with Gasteiger partial charge < -0.3 is 16.4 Å². The zero-order valence-corrected chi connectivity index (χ0v) is 13.0. The van der Waals surface area contributed by atoms with Gasteiger partial charge in [0.05, 0.1) is 0 Å². The van der Waals surface area contributed by atoms with Gasteiger partial charge >= 0.3 is 0 Å². The molecule has 1 amide bonds. The molecule has 0 fully saturated rings. The molecule has 4 N–H and O–H groups in total. The van der Waals surface area contributed by atoms with Gasteiger partial charge in [-0.05, 0) is 43.3 Å². The van der Waals surface area contributed by atoms with Crippen LogP contribution in [-0.2, 0) is 4.79 Å². The summed E-state index contributed by atoms with van der Waals surface area (Å²) in [5.41, 5.74) is 7.74. The lowest BCUT2D eigenvalue weighted by molar-refractivity contribution is -0.112. The van der Waals surface area contributed by atoms with E-state index in [0.717, 1.165) is 0 Å². The zero-order valence-electron chi connectivity index (χ0n) is 13.0. The Labute approximate surface area is 139 Å². The van der Waals surface area contributed by atoms with Crippen LogP contribution in [0.3, 0.4) is 0 Å². The molecule has 120 valence electrons. The summed E-state index contributed by atoms with van der Waals surface area (Å²) < 4.78 is 0. The highest BCUT2D eigenvalue weighted by atomic mass is 16.1. The van der Waals surface area contributed by atoms with Gasteiger partial charge in [0.2, 0.25) is 0 Å². The summed E-state index contributed by atoms with van der Waals surface area (Å²) >= 11 is 0. The summed E-state index contributed by atoms with van der Waals surface area (Å²) in [6, 6.07) is 15.2. The molecular weight excluding hydrogens is 304 g/mol. The number of amides is 1. The zero-order chi connectivity index (χ0) is 17.5. The molecule has 0 bridgehead atoms. The van der Waals surface area contributed by atoms with Crippen molar-refractivity contribution in [1.82, 2.24) is 0 Å². The summed E-state index contributed by atoms with van der Waals surface area (Å²) in [7, 11) is 0. The van der Waals surface area contributed by atoms with E-state index in [-0.39, 0.29) is 11.4 Å². The van der Waals surface area contributed by atoms with Crippen molar-refractivity contribution < 1.29 is 9.59 Å². The molecule has 2 rings (SSSR count). The highest BCUT2D eigenvalue weighted by Gasteiger charge is 2.09. The fourth-order valence-corrected chi connectivity index (χ4v) is 1.90. The van der Waals surface area contributed by atoms with E-state index in [0.29, 0.717) is 22.6 Å². The Morgan fingerprint density at radius 2 is 1.83 bits per heavy atom. The predicted octanol–water partition coefficient (Wildman–Crippen LogP) is 2.93. The predicted molar refractivity (Wildman–Crippen MR) is 93.2 cm³/mol. The average Bonchev–Trinajstić information content (AvgIpc) is 2.57. The number of hydrogen-bond donors (Lipinski definition) is 3. The Hall–Kier alpha value is -3.59. The van der Waals surface area contributed by atoms with Crippen molar-refractivity contribution in [1.29, 1.82) is 5.26 Å². The molecule has 0 saturated carbocycles. The topological polar surface area (TPSA) is 108 Å². The Kier molecular flexibility index (Phi) is 5.32. The van der Waals surface area contributed by atoms with Crippen LogP contribution in [0.15, 0.2) is 60.3 Å².